The Bertz CT molecular complexity index is 709. The molecule has 0 radical (unpaired) electrons. The maximum atomic E-state index is 12.3. The van der Waals surface area contributed by atoms with Crippen molar-refractivity contribution in [1.29, 1.82) is 0 Å². The quantitative estimate of drug-likeness (QED) is 0.0621. The van der Waals surface area contributed by atoms with Crippen LogP contribution in [-0.2, 0) is 27.8 Å². The van der Waals surface area contributed by atoms with Crippen LogP contribution in [-0.4, -0.2) is 122 Å². The number of rotatable bonds is 16. The van der Waals surface area contributed by atoms with Crippen molar-refractivity contribution < 1.29 is 68.5 Å². The van der Waals surface area contributed by atoms with Crippen LogP contribution < -0.4 is 0 Å². The van der Waals surface area contributed by atoms with Gasteiger partial charge < -0.3 is 54.8 Å². The van der Waals surface area contributed by atoms with Crippen molar-refractivity contribution in [3.8, 4) is 0 Å². The van der Waals surface area contributed by atoms with Gasteiger partial charge in [-0.3, -0.25) is 9.05 Å². The molecule has 2 fully saturated rings. The highest BCUT2D eigenvalue weighted by atomic mass is 31.2. The third-order valence-corrected chi connectivity index (χ3v) is 7.24. The lowest BCUT2D eigenvalue weighted by Gasteiger charge is -2.45. The number of phosphoric ester groups is 1. The van der Waals surface area contributed by atoms with E-state index in [1.54, 1.807) is 0 Å². The number of phosphoric acid groups is 1. The first-order valence-corrected chi connectivity index (χ1v) is 13.9. The van der Waals surface area contributed by atoms with E-state index in [0.717, 1.165) is 38.5 Å². The average Bonchev–Trinajstić information content (AvgIpc) is 2.87. The van der Waals surface area contributed by atoms with Crippen LogP contribution in [0.3, 0.4) is 0 Å². The zero-order chi connectivity index (χ0) is 27.6. The van der Waals surface area contributed by atoms with Gasteiger partial charge in [0.05, 0.1) is 19.8 Å². The molecule has 0 aromatic rings. The lowest BCUT2D eigenvalue weighted by Crippen LogP contribution is -2.64. The second kappa shape index (κ2) is 15.9. The van der Waals surface area contributed by atoms with Crippen LogP contribution in [0.4, 0.5) is 0 Å². The third-order valence-electron chi connectivity index (χ3n) is 6.25. The minimum Gasteiger partial charge on any atom is -0.394 e. The van der Waals surface area contributed by atoms with Crippen LogP contribution in [0, 0.1) is 0 Å². The minimum atomic E-state index is -4.71. The SMILES string of the molecule is C=CCCCCCCCCOP(=O)(O)O[C@H]1O[C@H](CO)[C@@H](O[C@@H]2O[C@H](CO)[C@H](O)[C@H](O)[C@@H]2O)[C@H](O)[C@@H]1O. The molecule has 0 saturated carbocycles. The Kier molecular flexibility index (Phi) is 14.0. The first-order valence-electron chi connectivity index (χ1n) is 12.4. The normalized spacial score (nSPS) is 38.3. The molecule has 14 nitrogen and oxygen atoms in total. The van der Waals surface area contributed by atoms with Gasteiger partial charge in [-0.1, -0.05) is 31.8 Å². The topological polar surface area (TPSA) is 225 Å². The van der Waals surface area contributed by atoms with E-state index in [2.05, 4.69) is 6.58 Å². The first kappa shape index (κ1) is 32.7. The van der Waals surface area contributed by atoms with Crippen LogP contribution in [0.2, 0.25) is 0 Å². The van der Waals surface area contributed by atoms with Gasteiger partial charge in [-0.2, -0.15) is 0 Å². The number of aliphatic hydroxyl groups is 7. The van der Waals surface area contributed by atoms with Crippen LogP contribution >= 0.6 is 7.82 Å². The molecule has 0 spiro atoms. The highest BCUT2D eigenvalue weighted by Gasteiger charge is 2.51. The smallest absolute Gasteiger partial charge is 0.394 e. The summed E-state index contributed by atoms with van der Waals surface area (Å²) in [6, 6.07) is 0. The highest BCUT2D eigenvalue weighted by molar-refractivity contribution is 7.47. The fourth-order valence-corrected chi connectivity index (χ4v) is 4.94. The van der Waals surface area contributed by atoms with Crippen LogP contribution in [0.15, 0.2) is 12.7 Å². The predicted octanol–water partition coefficient (Wildman–Crippen LogP) is -1.34. The van der Waals surface area contributed by atoms with Crippen molar-refractivity contribution in [2.24, 2.45) is 0 Å². The molecule has 8 N–H and O–H groups in total. The summed E-state index contributed by atoms with van der Waals surface area (Å²) < 4.78 is 38.1. The zero-order valence-corrected chi connectivity index (χ0v) is 21.5. The summed E-state index contributed by atoms with van der Waals surface area (Å²) in [6.45, 7) is 2.05. The number of allylic oxidation sites excluding steroid dienone is 1. The Morgan fingerprint density at radius 3 is 1.95 bits per heavy atom. The van der Waals surface area contributed by atoms with Gasteiger partial charge >= 0.3 is 7.82 Å². The van der Waals surface area contributed by atoms with Gasteiger partial charge in [0.1, 0.15) is 48.8 Å². The van der Waals surface area contributed by atoms with Crippen molar-refractivity contribution in [2.45, 2.75) is 106 Å². The molecular formula is C22H41O14P. The van der Waals surface area contributed by atoms with Crippen molar-refractivity contribution in [3.05, 3.63) is 12.7 Å². The molecule has 2 heterocycles. The molecular weight excluding hydrogens is 519 g/mol. The Balaban J connectivity index is 1.87. The summed E-state index contributed by atoms with van der Waals surface area (Å²) in [4.78, 5) is 10.0. The summed E-state index contributed by atoms with van der Waals surface area (Å²) in [6.07, 6.45) is -8.69. The van der Waals surface area contributed by atoms with Gasteiger partial charge in [-0.25, -0.2) is 4.57 Å². The van der Waals surface area contributed by atoms with Crippen molar-refractivity contribution in [2.75, 3.05) is 19.8 Å². The second-order valence-corrected chi connectivity index (χ2v) is 10.5. The van der Waals surface area contributed by atoms with Gasteiger partial charge in [0.2, 0.25) is 0 Å². The molecule has 0 aromatic carbocycles. The molecule has 2 aliphatic rings. The Labute approximate surface area is 215 Å². The molecule has 0 aliphatic carbocycles. The largest absolute Gasteiger partial charge is 0.474 e. The van der Waals surface area contributed by atoms with E-state index in [1.165, 1.54) is 0 Å². The Morgan fingerprint density at radius 2 is 1.32 bits per heavy atom. The number of ether oxygens (including phenoxy) is 3. The van der Waals surface area contributed by atoms with Gasteiger partial charge in [0.25, 0.3) is 0 Å². The fourth-order valence-electron chi connectivity index (χ4n) is 4.08. The van der Waals surface area contributed by atoms with E-state index in [-0.39, 0.29) is 6.61 Å². The molecule has 2 saturated heterocycles. The summed E-state index contributed by atoms with van der Waals surface area (Å²) >= 11 is 0. The first-order chi connectivity index (χ1) is 17.6. The number of hydrogen-bond donors (Lipinski definition) is 8. The second-order valence-electron chi connectivity index (χ2n) is 9.11. The van der Waals surface area contributed by atoms with Gasteiger partial charge in [0, 0.05) is 0 Å². The lowest BCUT2D eigenvalue weighted by molar-refractivity contribution is -0.353. The predicted molar refractivity (Wildman–Crippen MR) is 126 cm³/mol. The number of hydrogen-bond acceptors (Lipinski definition) is 13. The van der Waals surface area contributed by atoms with Crippen molar-refractivity contribution >= 4 is 7.82 Å². The molecule has 218 valence electrons. The molecule has 0 aromatic heterocycles. The van der Waals surface area contributed by atoms with Gasteiger partial charge in [-0.05, 0) is 19.3 Å². The number of aliphatic hydroxyl groups excluding tert-OH is 7. The van der Waals surface area contributed by atoms with E-state index >= 15 is 0 Å². The summed E-state index contributed by atoms with van der Waals surface area (Å²) in [5.74, 6) is 0. The van der Waals surface area contributed by atoms with Crippen molar-refractivity contribution in [3.63, 3.8) is 0 Å². The molecule has 37 heavy (non-hydrogen) atoms. The van der Waals surface area contributed by atoms with Gasteiger partial charge in [0.15, 0.2) is 12.6 Å². The van der Waals surface area contributed by atoms with E-state index in [0.29, 0.717) is 6.42 Å². The van der Waals surface area contributed by atoms with Crippen LogP contribution in [0.1, 0.15) is 44.9 Å². The monoisotopic (exact) mass is 560 g/mol. The summed E-state index contributed by atoms with van der Waals surface area (Å²) in [5.41, 5.74) is 0. The Hall–Kier alpha value is -0.550. The molecule has 2 rings (SSSR count). The minimum absolute atomic E-state index is 0.0852. The highest BCUT2D eigenvalue weighted by Crippen LogP contribution is 2.47. The summed E-state index contributed by atoms with van der Waals surface area (Å²) in [5, 5.41) is 69.9. The van der Waals surface area contributed by atoms with E-state index in [1.807, 2.05) is 6.08 Å². The molecule has 2 aliphatic heterocycles. The van der Waals surface area contributed by atoms with Crippen LogP contribution in [0.5, 0.6) is 0 Å². The van der Waals surface area contributed by atoms with E-state index < -0.39 is 82.4 Å². The molecule has 11 atom stereocenters. The van der Waals surface area contributed by atoms with Crippen molar-refractivity contribution in [1.82, 2.24) is 0 Å². The molecule has 0 bridgehead atoms. The lowest BCUT2D eigenvalue weighted by atomic mass is 9.97. The average molecular weight is 561 g/mol. The van der Waals surface area contributed by atoms with E-state index in [9.17, 15) is 45.2 Å². The van der Waals surface area contributed by atoms with Gasteiger partial charge in [-0.15, -0.1) is 6.58 Å². The number of unbranched alkanes of at least 4 members (excludes halogenated alkanes) is 6. The standard InChI is InChI=1S/C22H41O14P/c1-2-3-4-5-6-7-8-9-10-32-37(30,31)36-22-19(29)17(27)20(14(12-24)34-22)35-21-18(28)16(26)15(25)13(11-23)33-21/h2,13-29H,1,3-12H2,(H,30,31)/t13-,14-,15+,16+,17-,18+,19+,20-,21+,22-/m1/s1. The van der Waals surface area contributed by atoms with E-state index in [4.69, 9.17) is 23.3 Å². The molecule has 15 heteroatoms. The third kappa shape index (κ3) is 9.55. The van der Waals surface area contributed by atoms with Crippen LogP contribution in [0.25, 0.3) is 0 Å². The summed E-state index contributed by atoms with van der Waals surface area (Å²) in [7, 11) is -4.71. The molecule has 1 unspecified atom stereocenters. The fraction of sp³-hybridized carbons (Fsp3) is 0.909. The maximum absolute atomic E-state index is 12.3. The maximum Gasteiger partial charge on any atom is 0.474 e. The zero-order valence-electron chi connectivity index (χ0n) is 20.6. The Morgan fingerprint density at radius 1 is 0.757 bits per heavy atom. The molecule has 0 amide bonds.